The van der Waals surface area contributed by atoms with Gasteiger partial charge in [-0.15, -0.1) is 0 Å². The zero-order valence-electron chi connectivity index (χ0n) is 21.5. The molecule has 2 amide bonds. The number of carbonyl (C=O) groups is 2. The highest BCUT2D eigenvalue weighted by atomic mass is 35.5. The number of halogens is 1. The van der Waals surface area contributed by atoms with E-state index in [1.54, 1.807) is 4.90 Å². The van der Waals surface area contributed by atoms with Crippen molar-refractivity contribution in [2.75, 3.05) is 11.9 Å². The number of hydrogen-bond acceptors (Lipinski definition) is 3. The van der Waals surface area contributed by atoms with E-state index in [0.29, 0.717) is 16.7 Å². The molecule has 0 saturated carbocycles. The zero-order chi connectivity index (χ0) is 26.5. The molecule has 0 unspecified atom stereocenters. The molecule has 0 spiro atoms. The third-order valence-electron chi connectivity index (χ3n) is 6.32. The van der Waals surface area contributed by atoms with Gasteiger partial charge in [0.25, 0.3) is 0 Å². The third kappa shape index (κ3) is 6.46. The lowest BCUT2D eigenvalue weighted by atomic mass is 10.1. The lowest BCUT2D eigenvalue weighted by Crippen LogP contribution is -2.43. The molecule has 0 atom stereocenters. The molecule has 0 bridgehead atoms. The van der Waals surface area contributed by atoms with Crippen molar-refractivity contribution in [1.82, 2.24) is 14.5 Å². The summed E-state index contributed by atoms with van der Waals surface area (Å²) in [5, 5.41) is 3.58. The second kappa shape index (κ2) is 11.4. The SMILES string of the molecule is Cc1ccc(-n2cc(-c3ccc(Cl)cc3)nc2NC(=O)CN(C(=O)Cc2ccccc2)C(C)C)cc1C. The van der Waals surface area contributed by atoms with E-state index in [1.807, 2.05) is 98.3 Å². The average Bonchev–Trinajstić information content (AvgIpc) is 3.28. The Balaban J connectivity index is 1.60. The average molecular weight is 515 g/mol. The fourth-order valence-corrected chi connectivity index (χ4v) is 4.18. The lowest BCUT2D eigenvalue weighted by Gasteiger charge is -2.26. The van der Waals surface area contributed by atoms with Crippen molar-refractivity contribution in [3.05, 3.63) is 101 Å². The van der Waals surface area contributed by atoms with Crippen LogP contribution in [0.4, 0.5) is 5.95 Å². The minimum absolute atomic E-state index is 0.0700. The fraction of sp³-hybridized carbons (Fsp3) is 0.233. The molecule has 0 radical (unpaired) electrons. The Morgan fingerprint density at radius 3 is 2.32 bits per heavy atom. The van der Waals surface area contributed by atoms with Crippen molar-refractivity contribution in [3.8, 4) is 16.9 Å². The predicted molar refractivity (Wildman–Crippen MR) is 149 cm³/mol. The highest BCUT2D eigenvalue weighted by molar-refractivity contribution is 6.30. The molecule has 4 aromatic rings. The van der Waals surface area contributed by atoms with Gasteiger partial charge >= 0.3 is 0 Å². The second-order valence-corrected chi connectivity index (χ2v) is 9.86. The van der Waals surface area contributed by atoms with Crippen molar-refractivity contribution >= 4 is 29.4 Å². The molecule has 3 aromatic carbocycles. The fourth-order valence-electron chi connectivity index (χ4n) is 4.05. The van der Waals surface area contributed by atoms with E-state index in [1.165, 1.54) is 5.56 Å². The number of amides is 2. The van der Waals surface area contributed by atoms with Crippen LogP contribution in [0.15, 0.2) is 79.0 Å². The summed E-state index contributed by atoms with van der Waals surface area (Å²) in [5.41, 5.74) is 5.68. The van der Waals surface area contributed by atoms with Gasteiger partial charge in [0.2, 0.25) is 17.8 Å². The predicted octanol–water partition coefficient (Wildman–Crippen LogP) is 6.23. The van der Waals surface area contributed by atoms with Gasteiger partial charge in [-0.3, -0.25) is 19.5 Å². The van der Waals surface area contributed by atoms with Gasteiger partial charge < -0.3 is 4.90 Å². The smallest absolute Gasteiger partial charge is 0.246 e. The first-order valence-corrected chi connectivity index (χ1v) is 12.6. The number of nitrogens with one attached hydrogen (secondary N) is 1. The molecule has 190 valence electrons. The minimum Gasteiger partial charge on any atom is -0.331 e. The van der Waals surface area contributed by atoms with E-state index in [2.05, 4.69) is 18.3 Å². The van der Waals surface area contributed by atoms with Crippen LogP contribution in [-0.4, -0.2) is 38.9 Å². The molecule has 0 aliphatic heterocycles. The first kappa shape index (κ1) is 26.2. The van der Waals surface area contributed by atoms with Gasteiger partial charge in [-0.2, -0.15) is 0 Å². The van der Waals surface area contributed by atoms with Crippen molar-refractivity contribution in [1.29, 1.82) is 0 Å². The Morgan fingerprint density at radius 2 is 1.68 bits per heavy atom. The molecular formula is C30H31ClN4O2. The van der Waals surface area contributed by atoms with E-state index < -0.39 is 0 Å². The third-order valence-corrected chi connectivity index (χ3v) is 6.57. The van der Waals surface area contributed by atoms with Crippen molar-refractivity contribution < 1.29 is 9.59 Å². The van der Waals surface area contributed by atoms with Gasteiger partial charge in [0.05, 0.1) is 12.1 Å². The van der Waals surface area contributed by atoms with Gasteiger partial charge in [0, 0.05) is 28.5 Å². The molecule has 0 aliphatic carbocycles. The number of nitrogens with zero attached hydrogens (tertiary/aromatic N) is 3. The lowest BCUT2D eigenvalue weighted by molar-refractivity contribution is -0.135. The highest BCUT2D eigenvalue weighted by Gasteiger charge is 2.22. The van der Waals surface area contributed by atoms with Crippen LogP contribution >= 0.6 is 11.6 Å². The number of imidazole rings is 1. The number of aromatic nitrogens is 2. The molecule has 0 aliphatic rings. The summed E-state index contributed by atoms with van der Waals surface area (Å²) in [6.45, 7) is 7.85. The van der Waals surface area contributed by atoms with Gasteiger partial charge in [0.1, 0.15) is 6.54 Å². The van der Waals surface area contributed by atoms with Crippen LogP contribution in [-0.2, 0) is 16.0 Å². The van der Waals surface area contributed by atoms with E-state index in [0.717, 1.165) is 22.4 Å². The molecule has 7 heteroatoms. The summed E-state index contributed by atoms with van der Waals surface area (Å²) in [6.07, 6.45) is 2.13. The Bertz CT molecular complexity index is 1400. The Hall–Kier alpha value is -3.90. The van der Waals surface area contributed by atoms with Crippen LogP contribution in [0, 0.1) is 13.8 Å². The van der Waals surface area contributed by atoms with E-state index in [9.17, 15) is 9.59 Å². The summed E-state index contributed by atoms with van der Waals surface area (Å²) in [6, 6.07) is 22.9. The van der Waals surface area contributed by atoms with Gasteiger partial charge in [-0.25, -0.2) is 4.98 Å². The maximum absolute atomic E-state index is 13.2. The first-order valence-electron chi connectivity index (χ1n) is 12.3. The molecule has 4 rings (SSSR count). The monoisotopic (exact) mass is 514 g/mol. The van der Waals surface area contributed by atoms with E-state index in [4.69, 9.17) is 16.6 Å². The van der Waals surface area contributed by atoms with E-state index in [-0.39, 0.29) is 30.8 Å². The number of anilines is 1. The van der Waals surface area contributed by atoms with Crippen LogP contribution < -0.4 is 5.32 Å². The molecule has 1 N–H and O–H groups in total. The standard InChI is InChI=1S/C30H31ClN4O2/c1-20(2)34(29(37)17-23-8-6-5-7-9-23)19-28(36)33-30-32-27(24-11-13-25(31)14-12-24)18-35(30)26-15-10-21(3)22(4)16-26/h5-16,18,20H,17,19H2,1-4H3,(H,32,33,36). The Morgan fingerprint density at radius 1 is 0.973 bits per heavy atom. The quantitative estimate of drug-likeness (QED) is 0.303. The maximum Gasteiger partial charge on any atom is 0.246 e. The first-order chi connectivity index (χ1) is 17.7. The molecule has 37 heavy (non-hydrogen) atoms. The number of rotatable bonds is 8. The van der Waals surface area contributed by atoms with Crippen LogP contribution in [0.25, 0.3) is 16.9 Å². The second-order valence-electron chi connectivity index (χ2n) is 9.42. The summed E-state index contributed by atoms with van der Waals surface area (Å²) in [5.74, 6) is -0.0263. The summed E-state index contributed by atoms with van der Waals surface area (Å²) in [4.78, 5) is 32.6. The number of benzene rings is 3. The van der Waals surface area contributed by atoms with Crippen molar-refractivity contribution in [2.45, 2.75) is 40.2 Å². The van der Waals surface area contributed by atoms with Crippen LogP contribution in [0.5, 0.6) is 0 Å². The summed E-state index contributed by atoms with van der Waals surface area (Å²) in [7, 11) is 0. The summed E-state index contributed by atoms with van der Waals surface area (Å²) < 4.78 is 1.86. The number of carbonyl (C=O) groups excluding carboxylic acids is 2. The Kier molecular flexibility index (Phi) is 8.09. The maximum atomic E-state index is 13.2. The van der Waals surface area contributed by atoms with Crippen LogP contribution in [0.3, 0.4) is 0 Å². The normalized spacial score (nSPS) is 11.0. The number of hydrogen-bond donors (Lipinski definition) is 1. The van der Waals surface area contributed by atoms with Crippen molar-refractivity contribution in [2.24, 2.45) is 0 Å². The van der Waals surface area contributed by atoms with Crippen LogP contribution in [0.1, 0.15) is 30.5 Å². The van der Waals surface area contributed by atoms with Gasteiger partial charge in [-0.05, 0) is 68.7 Å². The zero-order valence-corrected chi connectivity index (χ0v) is 22.3. The molecule has 0 saturated heterocycles. The van der Waals surface area contributed by atoms with Crippen LogP contribution in [0.2, 0.25) is 5.02 Å². The topological polar surface area (TPSA) is 67.2 Å². The number of aryl methyl sites for hydroxylation is 2. The van der Waals surface area contributed by atoms with Crippen molar-refractivity contribution in [3.63, 3.8) is 0 Å². The largest absolute Gasteiger partial charge is 0.331 e. The van der Waals surface area contributed by atoms with Gasteiger partial charge in [0.15, 0.2) is 0 Å². The molecule has 6 nitrogen and oxygen atoms in total. The minimum atomic E-state index is -0.312. The Labute approximate surface area is 222 Å². The highest BCUT2D eigenvalue weighted by Crippen LogP contribution is 2.26. The molecular weight excluding hydrogens is 484 g/mol. The molecule has 0 fully saturated rings. The summed E-state index contributed by atoms with van der Waals surface area (Å²) >= 11 is 6.07. The molecule has 1 heterocycles. The van der Waals surface area contributed by atoms with E-state index >= 15 is 0 Å². The van der Waals surface area contributed by atoms with Gasteiger partial charge in [-0.1, -0.05) is 60.1 Å². The molecule has 1 aromatic heterocycles.